The molecule has 0 N–H and O–H groups in total. The van der Waals surface area contributed by atoms with Gasteiger partial charge in [-0.1, -0.05) is 11.6 Å². The Hall–Kier alpha value is -0.870. The van der Waals surface area contributed by atoms with Crippen LogP contribution in [-0.2, 0) is 0 Å². The molecule has 4 nitrogen and oxygen atoms in total. The smallest absolute Gasteiger partial charge is 0.135 e. The van der Waals surface area contributed by atoms with Crippen molar-refractivity contribution in [2.75, 3.05) is 32.1 Å². The molecule has 0 unspecified atom stereocenters. The van der Waals surface area contributed by atoms with Gasteiger partial charge in [0, 0.05) is 31.1 Å². The summed E-state index contributed by atoms with van der Waals surface area (Å²) >= 11 is 6.13. The molecule has 5 heteroatoms. The lowest BCUT2D eigenvalue weighted by Crippen LogP contribution is -2.42. The van der Waals surface area contributed by atoms with E-state index in [0.717, 1.165) is 24.7 Å². The molecule has 0 radical (unpaired) electrons. The number of aromatic nitrogens is 2. The van der Waals surface area contributed by atoms with Crippen LogP contribution in [0.25, 0.3) is 0 Å². The van der Waals surface area contributed by atoms with Crippen molar-refractivity contribution in [3.8, 4) is 0 Å². The summed E-state index contributed by atoms with van der Waals surface area (Å²) < 4.78 is 0. The highest BCUT2D eigenvalue weighted by atomic mass is 35.5. The molecule has 0 spiro atoms. The third-order valence-electron chi connectivity index (χ3n) is 4.16. The van der Waals surface area contributed by atoms with Gasteiger partial charge < -0.3 is 9.80 Å². The molecule has 1 aromatic rings. The maximum Gasteiger partial charge on any atom is 0.135 e. The number of halogens is 1. The lowest BCUT2D eigenvalue weighted by Gasteiger charge is -2.35. The van der Waals surface area contributed by atoms with E-state index in [-0.39, 0.29) is 0 Å². The molecule has 1 aromatic heterocycles. The molecule has 3 rings (SSSR count). The van der Waals surface area contributed by atoms with Gasteiger partial charge in [-0.3, -0.25) is 0 Å². The van der Waals surface area contributed by atoms with Gasteiger partial charge in [0.15, 0.2) is 0 Å². The second kappa shape index (κ2) is 5.25. The van der Waals surface area contributed by atoms with Crippen LogP contribution < -0.4 is 4.90 Å². The molecule has 1 saturated carbocycles. The van der Waals surface area contributed by atoms with E-state index in [1.54, 1.807) is 0 Å². The Balaban J connectivity index is 1.72. The molecule has 2 fully saturated rings. The minimum Gasteiger partial charge on any atom is -0.356 e. The predicted octanol–water partition coefficient (Wildman–Crippen LogP) is 2.54. The molecular weight excluding hydrogens is 260 g/mol. The Kier molecular flexibility index (Phi) is 3.63. The number of piperidine rings is 1. The summed E-state index contributed by atoms with van der Waals surface area (Å²) in [5.41, 5.74) is 0. The monoisotopic (exact) mass is 280 g/mol. The fraction of sp³-hybridized carbons (Fsp3) is 0.714. The third-order valence-corrected chi connectivity index (χ3v) is 4.35. The van der Waals surface area contributed by atoms with E-state index in [1.807, 2.05) is 6.07 Å². The van der Waals surface area contributed by atoms with Gasteiger partial charge in [-0.25, -0.2) is 9.97 Å². The molecule has 0 atom stereocenters. The molecule has 0 aromatic carbocycles. The van der Waals surface area contributed by atoms with Crippen LogP contribution in [0.1, 0.15) is 37.4 Å². The highest BCUT2D eigenvalue weighted by molar-refractivity contribution is 6.29. The highest BCUT2D eigenvalue weighted by Crippen LogP contribution is 2.39. The van der Waals surface area contributed by atoms with Crippen molar-refractivity contribution in [3.63, 3.8) is 0 Å². The first-order valence-electron chi connectivity index (χ1n) is 7.09. The molecule has 1 saturated heterocycles. The molecule has 0 bridgehead atoms. The molecule has 104 valence electrons. The lowest BCUT2D eigenvalue weighted by molar-refractivity contribution is 0.249. The van der Waals surface area contributed by atoms with Gasteiger partial charge in [0.05, 0.1) is 0 Å². The lowest BCUT2D eigenvalue weighted by atomic mass is 10.0. The Labute approximate surface area is 119 Å². The highest BCUT2D eigenvalue weighted by Gasteiger charge is 2.28. The molecule has 1 aliphatic heterocycles. The summed E-state index contributed by atoms with van der Waals surface area (Å²) in [5.74, 6) is 2.51. The summed E-state index contributed by atoms with van der Waals surface area (Å²) in [6.07, 6.45) is 4.80. The standard InChI is InChI=1S/C14H21ClN4/c1-18(2)11-5-7-19(8-6-11)13-9-12(15)16-14(17-13)10-3-4-10/h9-11H,3-8H2,1-2H3. The minimum absolute atomic E-state index is 0.553. The zero-order valence-corrected chi connectivity index (χ0v) is 12.4. The minimum atomic E-state index is 0.553. The first-order chi connectivity index (χ1) is 9.13. The summed E-state index contributed by atoms with van der Waals surface area (Å²) in [5, 5.41) is 0.585. The fourth-order valence-corrected chi connectivity index (χ4v) is 2.90. The van der Waals surface area contributed by atoms with Crippen molar-refractivity contribution in [2.24, 2.45) is 0 Å². The van der Waals surface area contributed by atoms with Crippen LogP contribution in [0, 0.1) is 0 Å². The average Bonchev–Trinajstić information content (AvgIpc) is 3.22. The van der Waals surface area contributed by atoms with Gasteiger partial charge >= 0.3 is 0 Å². The average molecular weight is 281 g/mol. The molecule has 2 aliphatic rings. The maximum atomic E-state index is 6.13. The molecular formula is C14H21ClN4. The number of hydrogen-bond donors (Lipinski definition) is 0. The van der Waals surface area contributed by atoms with E-state index in [2.05, 4.69) is 28.9 Å². The topological polar surface area (TPSA) is 32.3 Å². The normalized spacial score (nSPS) is 21.2. The van der Waals surface area contributed by atoms with Crippen LogP contribution in [0.15, 0.2) is 6.07 Å². The SMILES string of the molecule is CN(C)C1CCN(c2cc(Cl)nc(C3CC3)n2)CC1. The van der Waals surface area contributed by atoms with Gasteiger partial charge in [-0.15, -0.1) is 0 Å². The van der Waals surface area contributed by atoms with Crippen LogP contribution >= 0.6 is 11.6 Å². The van der Waals surface area contributed by atoms with Crippen LogP contribution in [0.3, 0.4) is 0 Å². The second-order valence-corrected chi connectivity index (χ2v) is 6.25. The van der Waals surface area contributed by atoms with Crippen LogP contribution in [0.5, 0.6) is 0 Å². The zero-order valence-electron chi connectivity index (χ0n) is 11.6. The van der Waals surface area contributed by atoms with Gasteiger partial charge in [0.1, 0.15) is 16.8 Å². The fourth-order valence-electron chi connectivity index (χ4n) is 2.72. The zero-order chi connectivity index (χ0) is 13.4. The van der Waals surface area contributed by atoms with Gasteiger partial charge in [-0.2, -0.15) is 0 Å². The predicted molar refractivity (Wildman–Crippen MR) is 77.9 cm³/mol. The summed E-state index contributed by atoms with van der Waals surface area (Å²) in [4.78, 5) is 13.7. The first-order valence-corrected chi connectivity index (χ1v) is 7.47. The van der Waals surface area contributed by atoms with Crippen molar-refractivity contribution in [1.82, 2.24) is 14.9 Å². The van der Waals surface area contributed by atoms with Crippen molar-refractivity contribution >= 4 is 17.4 Å². The molecule has 1 aliphatic carbocycles. The van der Waals surface area contributed by atoms with Crippen molar-refractivity contribution in [3.05, 3.63) is 17.0 Å². The number of nitrogens with zero attached hydrogens (tertiary/aromatic N) is 4. The van der Waals surface area contributed by atoms with E-state index < -0.39 is 0 Å². The van der Waals surface area contributed by atoms with E-state index in [4.69, 9.17) is 16.6 Å². The molecule has 2 heterocycles. The van der Waals surface area contributed by atoms with Crippen molar-refractivity contribution < 1.29 is 0 Å². The van der Waals surface area contributed by atoms with Gasteiger partial charge in [-0.05, 0) is 39.8 Å². The van der Waals surface area contributed by atoms with Gasteiger partial charge in [0.2, 0.25) is 0 Å². The second-order valence-electron chi connectivity index (χ2n) is 5.86. The van der Waals surface area contributed by atoms with Crippen LogP contribution in [0.4, 0.5) is 5.82 Å². The largest absolute Gasteiger partial charge is 0.356 e. The third kappa shape index (κ3) is 3.00. The van der Waals surface area contributed by atoms with Crippen LogP contribution in [-0.4, -0.2) is 48.1 Å². The number of anilines is 1. The number of hydrogen-bond acceptors (Lipinski definition) is 4. The number of rotatable bonds is 3. The summed E-state index contributed by atoms with van der Waals surface area (Å²) in [6.45, 7) is 2.11. The first kappa shape index (κ1) is 13.1. The van der Waals surface area contributed by atoms with Crippen molar-refractivity contribution in [1.29, 1.82) is 0 Å². The summed E-state index contributed by atoms with van der Waals surface area (Å²) in [7, 11) is 4.32. The van der Waals surface area contributed by atoms with Crippen LogP contribution in [0.2, 0.25) is 5.15 Å². The summed E-state index contributed by atoms with van der Waals surface area (Å²) in [6, 6.07) is 2.60. The van der Waals surface area contributed by atoms with E-state index in [9.17, 15) is 0 Å². The van der Waals surface area contributed by atoms with Gasteiger partial charge in [0.25, 0.3) is 0 Å². The van der Waals surface area contributed by atoms with E-state index >= 15 is 0 Å². The Morgan fingerprint density at radius 2 is 1.84 bits per heavy atom. The maximum absolute atomic E-state index is 6.13. The van der Waals surface area contributed by atoms with E-state index in [1.165, 1.54) is 25.7 Å². The Bertz CT molecular complexity index is 451. The molecule has 19 heavy (non-hydrogen) atoms. The van der Waals surface area contributed by atoms with Crippen molar-refractivity contribution in [2.45, 2.75) is 37.6 Å². The Morgan fingerprint density at radius 3 is 2.42 bits per heavy atom. The molecule has 0 amide bonds. The Morgan fingerprint density at radius 1 is 1.16 bits per heavy atom. The quantitative estimate of drug-likeness (QED) is 0.797. The van der Waals surface area contributed by atoms with E-state index in [0.29, 0.717) is 17.1 Å².